The molecule has 0 radical (unpaired) electrons. The Morgan fingerprint density at radius 1 is 0.850 bits per heavy atom. The Morgan fingerprint density at radius 2 is 1.45 bits per heavy atom. The molecule has 0 aromatic carbocycles. The molecule has 0 aromatic rings. The lowest BCUT2D eigenvalue weighted by Crippen LogP contribution is -2.23. The van der Waals surface area contributed by atoms with Crippen LogP contribution in [0.5, 0.6) is 0 Å². The third kappa shape index (κ3) is 15.1. The number of rotatable bonds is 14. The highest BCUT2D eigenvalue weighted by molar-refractivity contribution is 8.76. The fourth-order valence-electron chi connectivity index (χ4n) is 1.60. The Kier molecular flexibility index (Phi) is 16.6. The van der Waals surface area contributed by atoms with Crippen molar-refractivity contribution in [3.05, 3.63) is 0 Å². The Bertz CT molecular complexity index is 230. The van der Waals surface area contributed by atoms with Crippen molar-refractivity contribution in [2.45, 2.75) is 65.2 Å². The molecular weight excluding hydrogens is 322 g/mol. The lowest BCUT2D eigenvalue weighted by atomic mass is 10.1. The molecule has 0 heterocycles. The molecule has 0 bridgehead atoms. The zero-order chi connectivity index (χ0) is 15.1. The van der Waals surface area contributed by atoms with Gasteiger partial charge in [-0.05, 0) is 43.4 Å². The van der Waals surface area contributed by atoms with Gasteiger partial charge in [0, 0.05) is 18.1 Å². The standard InChI is InChI=1S/C15H29NS4/c1-3-5-8-14(17)9-7-12-19-20-13-11-16-15(18)10-6-4-2/h3-13H2,1-2H3,(H,16,18). The van der Waals surface area contributed by atoms with Gasteiger partial charge in [0.1, 0.15) is 0 Å². The molecule has 0 spiro atoms. The van der Waals surface area contributed by atoms with Crippen molar-refractivity contribution in [1.82, 2.24) is 5.32 Å². The summed E-state index contributed by atoms with van der Waals surface area (Å²) >= 11 is 10.6. The van der Waals surface area contributed by atoms with E-state index in [-0.39, 0.29) is 0 Å². The predicted octanol–water partition coefficient (Wildman–Crippen LogP) is 5.82. The van der Waals surface area contributed by atoms with Gasteiger partial charge in [0.25, 0.3) is 0 Å². The van der Waals surface area contributed by atoms with Crippen molar-refractivity contribution < 1.29 is 0 Å². The van der Waals surface area contributed by atoms with E-state index in [0.717, 1.165) is 36.5 Å². The SMILES string of the molecule is CCCCC(=S)CCCSSCCNC(=S)CCCC. The maximum atomic E-state index is 5.36. The van der Waals surface area contributed by atoms with Crippen LogP contribution in [-0.4, -0.2) is 27.9 Å². The van der Waals surface area contributed by atoms with Gasteiger partial charge in [-0.2, -0.15) is 0 Å². The predicted molar refractivity (Wildman–Crippen MR) is 106 cm³/mol. The van der Waals surface area contributed by atoms with Crippen molar-refractivity contribution in [1.29, 1.82) is 0 Å². The molecule has 0 aliphatic carbocycles. The van der Waals surface area contributed by atoms with E-state index >= 15 is 0 Å². The van der Waals surface area contributed by atoms with Gasteiger partial charge in [-0.3, -0.25) is 0 Å². The molecule has 0 amide bonds. The van der Waals surface area contributed by atoms with E-state index in [1.165, 1.54) is 42.7 Å². The first-order valence-electron chi connectivity index (χ1n) is 7.73. The summed E-state index contributed by atoms with van der Waals surface area (Å²) in [6.07, 6.45) is 9.45. The molecule has 118 valence electrons. The number of hydrogen-bond acceptors (Lipinski definition) is 4. The van der Waals surface area contributed by atoms with E-state index in [2.05, 4.69) is 19.2 Å². The molecule has 20 heavy (non-hydrogen) atoms. The van der Waals surface area contributed by atoms with Crippen LogP contribution in [0.2, 0.25) is 0 Å². The van der Waals surface area contributed by atoms with Gasteiger partial charge < -0.3 is 5.32 Å². The molecule has 0 unspecified atom stereocenters. The van der Waals surface area contributed by atoms with Gasteiger partial charge in [-0.25, -0.2) is 0 Å². The van der Waals surface area contributed by atoms with Crippen molar-refractivity contribution in [3.8, 4) is 0 Å². The molecule has 0 rings (SSSR count). The van der Waals surface area contributed by atoms with Crippen LogP contribution >= 0.6 is 46.0 Å². The minimum absolute atomic E-state index is 0.995. The van der Waals surface area contributed by atoms with E-state index in [0.29, 0.717) is 0 Å². The van der Waals surface area contributed by atoms with E-state index in [9.17, 15) is 0 Å². The smallest absolute Gasteiger partial charge is 0.0753 e. The lowest BCUT2D eigenvalue weighted by molar-refractivity contribution is 0.816. The van der Waals surface area contributed by atoms with E-state index in [1.807, 2.05) is 21.6 Å². The summed E-state index contributed by atoms with van der Waals surface area (Å²) in [7, 11) is 3.90. The third-order valence-electron chi connectivity index (χ3n) is 2.84. The second kappa shape index (κ2) is 16.1. The minimum atomic E-state index is 0.995. The van der Waals surface area contributed by atoms with Gasteiger partial charge >= 0.3 is 0 Å². The van der Waals surface area contributed by atoms with E-state index in [1.54, 1.807) is 0 Å². The average molecular weight is 352 g/mol. The second-order valence-corrected chi connectivity index (χ2v) is 8.62. The second-order valence-electron chi connectivity index (χ2n) is 4.84. The molecule has 1 nitrogen and oxygen atoms in total. The van der Waals surface area contributed by atoms with Crippen LogP contribution in [0.15, 0.2) is 0 Å². The highest BCUT2D eigenvalue weighted by atomic mass is 33.1. The maximum absolute atomic E-state index is 5.36. The molecular formula is C15H29NS4. The molecule has 0 aliphatic rings. The normalized spacial score (nSPS) is 10.5. The summed E-state index contributed by atoms with van der Waals surface area (Å²) in [5, 5.41) is 3.33. The summed E-state index contributed by atoms with van der Waals surface area (Å²) in [5.74, 6) is 2.33. The van der Waals surface area contributed by atoms with Crippen LogP contribution in [-0.2, 0) is 0 Å². The molecule has 0 fully saturated rings. The zero-order valence-electron chi connectivity index (χ0n) is 12.9. The number of nitrogens with one attached hydrogen (secondary N) is 1. The molecule has 0 atom stereocenters. The summed E-state index contributed by atoms with van der Waals surface area (Å²) in [6, 6.07) is 0. The third-order valence-corrected chi connectivity index (χ3v) is 6.09. The minimum Gasteiger partial charge on any atom is -0.379 e. The highest BCUT2D eigenvalue weighted by Gasteiger charge is 1.98. The van der Waals surface area contributed by atoms with Gasteiger partial charge in [0.15, 0.2) is 0 Å². The van der Waals surface area contributed by atoms with Gasteiger partial charge in [-0.15, -0.1) is 0 Å². The van der Waals surface area contributed by atoms with Crippen LogP contribution < -0.4 is 5.32 Å². The van der Waals surface area contributed by atoms with Crippen molar-refractivity contribution in [3.63, 3.8) is 0 Å². The van der Waals surface area contributed by atoms with Crippen molar-refractivity contribution in [2.24, 2.45) is 0 Å². The van der Waals surface area contributed by atoms with Crippen molar-refractivity contribution >= 4 is 55.9 Å². The molecule has 5 heteroatoms. The fourth-order valence-corrected chi connectivity index (χ4v) is 4.13. The summed E-state index contributed by atoms with van der Waals surface area (Å²) in [6.45, 7) is 5.41. The average Bonchev–Trinajstić information content (AvgIpc) is 2.45. The largest absolute Gasteiger partial charge is 0.379 e. The number of unbranched alkanes of at least 4 members (excludes halogenated alkanes) is 2. The van der Waals surface area contributed by atoms with Gasteiger partial charge in [0.05, 0.1) is 4.99 Å². The van der Waals surface area contributed by atoms with Crippen LogP contribution in [0.4, 0.5) is 0 Å². The maximum Gasteiger partial charge on any atom is 0.0753 e. The summed E-state index contributed by atoms with van der Waals surface area (Å²) in [4.78, 5) is 2.29. The molecule has 0 aliphatic heterocycles. The van der Waals surface area contributed by atoms with E-state index < -0.39 is 0 Å². The summed E-state index contributed by atoms with van der Waals surface area (Å²) < 4.78 is 0. The van der Waals surface area contributed by atoms with Gasteiger partial charge in [-0.1, -0.05) is 72.7 Å². The molecule has 1 N–H and O–H groups in total. The zero-order valence-corrected chi connectivity index (χ0v) is 16.2. The van der Waals surface area contributed by atoms with E-state index in [4.69, 9.17) is 24.4 Å². The number of thiocarbonyl (C=S) groups is 2. The van der Waals surface area contributed by atoms with Crippen LogP contribution in [0.1, 0.15) is 65.2 Å². The lowest BCUT2D eigenvalue weighted by Gasteiger charge is -2.07. The highest BCUT2D eigenvalue weighted by Crippen LogP contribution is 2.22. The first-order chi connectivity index (χ1) is 9.70. The monoisotopic (exact) mass is 351 g/mol. The first kappa shape index (κ1) is 20.7. The van der Waals surface area contributed by atoms with Crippen LogP contribution in [0.25, 0.3) is 0 Å². The Hall–Kier alpha value is 0.680. The quantitative estimate of drug-likeness (QED) is 0.240. The van der Waals surface area contributed by atoms with Crippen LogP contribution in [0, 0.1) is 0 Å². The number of hydrogen-bond donors (Lipinski definition) is 1. The Labute approximate surface area is 144 Å². The molecule has 0 aromatic heterocycles. The summed E-state index contributed by atoms with van der Waals surface area (Å²) in [5.41, 5.74) is 0. The Morgan fingerprint density at radius 3 is 2.15 bits per heavy atom. The molecule has 0 saturated carbocycles. The van der Waals surface area contributed by atoms with Gasteiger partial charge in [0.2, 0.25) is 0 Å². The molecule has 0 saturated heterocycles. The first-order valence-corrected chi connectivity index (χ1v) is 11.0. The van der Waals surface area contributed by atoms with Crippen LogP contribution in [0.3, 0.4) is 0 Å². The Balaban J connectivity index is 3.20. The van der Waals surface area contributed by atoms with Crippen molar-refractivity contribution in [2.75, 3.05) is 18.1 Å². The topological polar surface area (TPSA) is 12.0 Å². The fraction of sp³-hybridized carbons (Fsp3) is 0.867.